The van der Waals surface area contributed by atoms with E-state index in [1.54, 1.807) is 13.2 Å². The van der Waals surface area contributed by atoms with E-state index in [1.165, 1.54) is 0 Å². The van der Waals surface area contributed by atoms with Gasteiger partial charge < -0.3 is 14.4 Å². The Labute approximate surface area is 171 Å². The molecule has 0 saturated carbocycles. The van der Waals surface area contributed by atoms with E-state index < -0.39 is 5.60 Å². The maximum atomic E-state index is 12.2. The van der Waals surface area contributed by atoms with E-state index in [9.17, 15) is 4.79 Å². The average molecular weight is 415 g/mol. The third-order valence-corrected chi connectivity index (χ3v) is 6.19. The number of methoxy groups -OCH3 is 1. The second-order valence-corrected chi connectivity index (χ2v) is 9.44. The Morgan fingerprint density at radius 1 is 1.19 bits per heavy atom. The molecule has 0 aromatic heterocycles. The van der Waals surface area contributed by atoms with Gasteiger partial charge in [0.15, 0.2) is 0 Å². The summed E-state index contributed by atoms with van der Waals surface area (Å²) >= 11 is 12.6. The number of benzene rings is 1. The van der Waals surface area contributed by atoms with Crippen LogP contribution in [0.25, 0.3) is 0 Å². The predicted molar refractivity (Wildman–Crippen MR) is 108 cm³/mol. The van der Waals surface area contributed by atoms with Crippen molar-refractivity contribution in [2.75, 3.05) is 33.3 Å². The molecule has 27 heavy (non-hydrogen) atoms. The minimum Gasteiger partial charge on any atom is -0.496 e. The van der Waals surface area contributed by atoms with Gasteiger partial charge in [-0.2, -0.15) is 0 Å². The minimum absolute atomic E-state index is 0.205. The monoisotopic (exact) mass is 414 g/mol. The van der Waals surface area contributed by atoms with Crippen molar-refractivity contribution in [3.63, 3.8) is 0 Å². The lowest BCUT2D eigenvalue weighted by Gasteiger charge is -2.54. The van der Waals surface area contributed by atoms with E-state index in [4.69, 9.17) is 32.7 Å². The van der Waals surface area contributed by atoms with Crippen molar-refractivity contribution in [2.24, 2.45) is 5.41 Å². The number of rotatable bonds is 3. The van der Waals surface area contributed by atoms with Crippen LogP contribution in [0.5, 0.6) is 5.75 Å². The maximum Gasteiger partial charge on any atom is 0.410 e. The first-order chi connectivity index (χ1) is 12.6. The van der Waals surface area contributed by atoms with Gasteiger partial charge in [-0.25, -0.2) is 4.79 Å². The summed E-state index contributed by atoms with van der Waals surface area (Å²) < 4.78 is 10.9. The number of nitrogens with zero attached hydrogens (tertiary/aromatic N) is 2. The molecule has 1 amide bonds. The maximum absolute atomic E-state index is 12.2. The molecule has 150 valence electrons. The highest BCUT2D eigenvalue weighted by molar-refractivity contribution is 6.42. The second kappa shape index (κ2) is 7.69. The van der Waals surface area contributed by atoms with Gasteiger partial charge in [0.2, 0.25) is 0 Å². The van der Waals surface area contributed by atoms with Crippen molar-refractivity contribution in [1.82, 2.24) is 9.80 Å². The standard InChI is InChI=1S/C20H28Cl2N2O3/c1-19(2,3)27-18(25)24-9-7-20(8-10-24)12-23(13-20)11-14-16(26-4)6-5-15(21)17(14)22/h5-6H,7-13H2,1-4H3. The molecule has 0 N–H and O–H groups in total. The SMILES string of the molecule is COc1ccc(Cl)c(Cl)c1CN1CC2(CCN(C(=O)OC(C)(C)C)CC2)C1. The number of carbonyl (C=O) groups is 1. The molecule has 2 heterocycles. The Kier molecular flexibility index (Phi) is 5.85. The summed E-state index contributed by atoms with van der Waals surface area (Å²) in [6.07, 6.45) is 1.80. The lowest BCUT2D eigenvalue weighted by Crippen LogP contribution is -2.60. The quantitative estimate of drug-likeness (QED) is 0.709. The van der Waals surface area contributed by atoms with Crippen molar-refractivity contribution in [3.8, 4) is 5.75 Å². The molecule has 3 rings (SSSR count). The van der Waals surface area contributed by atoms with E-state index in [-0.39, 0.29) is 11.5 Å². The zero-order valence-electron chi connectivity index (χ0n) is 16.5. The topological polar surface area (TPSA) is 42.0 Å². The van der Waals surface area contributed by atoms with Crippen LogP contribution in [-0.4, -0.2) is 54.8 Å². The number of ether oxygens (including phenoxy) is 2. The van der Waals surface area contributed by atoms with Crippen LogP contribution >= 0.6 is 23.2 Å². The molecule has 7 heteroatoms. The van der Waals surface area contributed by atoms with E-state index in [0.29, 0.717) is 10.0 Å². The highest BCUT2D eigenvalue weighted by Crippen LogP contribution is 2.43. The Balaban J connectivity index is 1.54. The molecule has 0 unspecified atom stereocenters. The first kappa shape index (κ1) is 20.6. The molecular weight excluding hydrogens is 387 g/mol. The van der Waals surface area contributed by atoms with Gasteiger partial charge in [-0.1, -0.05) is 23.2 Å². The number of likely N-dealkylation sites (tertiary alicyclic amines) is 2. The molecule has 2 aliphatic rings. The molecule has 5 nitrogen and oxygen atoms in total. The molecule has 0 radical (unpaired) electrons. The zero-order valence-corrected chi connectivity index (χ0v) is 18.0. The number of hydrogen-bond acceptors (Lipinski definition) is 4. The van der Waals surface area contributed by atoms with Crippen molar-refractivity contribution >= 4 is 29.3 Å². The average Bonchev–Trinajstić information content (AvgIpc) is 2.56. The van der Waals surface area contributed by atoms with Crippen molar-refractivity contribution in [1.29, 1.82) is 0 Å². The Morgan fingerprint density at radius 2 is 1.81 bits per heavy atom. The van der Waals surface area contributed by atoms with Crippen LogP contribution in [0.4, 0.5) is 4.79 Å². The van der Waals surface area contributed by atoms with Gasteiger partial charge in [0.1, 0.15) is 11.4 Å². The van der Waals surface area contributed by atoms with Gasteiger partial charge in [0.05, 0.1) is 17.2 Å². The van der Waals surface area contributed by atoms with Gasteiger partial charge in [0.25, 0.3) is 0 Å². The van der Waals surface area contributed by atoms with Gasteiger partial charge in [0, 0.05) is 38.3 Å². The first-order valence-corrected chi connectivity index (χ1v) is 10.1. The molecule has 0 aliphatic carbocycles. The number of hydrogen-bond donors (Lipinski definition) is 0. The lowest BCUT2D eigenvalue weighted by atomic mass is 9.72. The van der Waals surface area contributed by atoms with Crippen LogP contribution in [-0.2, 0) is 11.3 Å². The van der Waals surface area contributed by atoms with Gasteiger partial charge in [-0.3, -0.25) is 4.90 Å². The molecule has 0 atom stereocenters. The van der Waals surface area contributed by atoms with Crippen molar-refractivity contribution in [3.05, 3.63) is 27.7 Å². The molecule has 1 aromatic carbocycles. The Bertz CT molecular complexity index is 702. The second-order valence-electron chi connectivity index (χ2n) is 8.65. The Hall–Kier alpha value is -1.17. The molecule has 0 bridgehead atoms. The summed E-state index contributed by atoms with van der Waals surface area (Å²) in [7, 11) is 1.65. The third-order valence-electron chi connectivity index (χ3n) is 5.35. The number of piperidine rings is 1. The number of amides is 1. The van der Waals surface area contributed by atoms with Crippen molar-refractivity contribution < 1.29 is 14.3 Å². The molecule has 2 saturated heterocycles. The smallest absolute Gasteiger partial charge is 0.410 e. The zero-order chi connectivity index (χ0) is 19.8. The third kappa shape index (κ3) is 4.64. The summed E-state index contributed by atoms with van der Waals surface area (Å²) in [5.41, 5.74) is 0.777. The van der Waals surface area contributed by atoms with Crippen LogP contribution in [0.1, 0.15) is 39.2 Å². The van der Waals surface area contributed by atoms with Crippen LogP contribution in [0.3, 0.4) is 0 Å². The van der Waals surface area contributed by atoms with Gasteiger partial charge in [-0.15, -0.1) is 0 Å². The Morgan fingerprint density at radius 3 is 2.37 bits per heavy atom. The summed E-state index contributed by atoms with van der Waals surface area (Å²) in [5.74, 6) is 0.769. The fourth-order valence-electron chi connectivity index (χ4n) is 3.96. The number of carbonyl (C=O) groups excluding carboxylic acids is 1. The fourth-order valence-corrected chi connectivity index (χ4v) is 4.35. The predicted octanol–water partition coefficient (Wildman–Crippen LogP) is 4.83. The van der Waals surface area contributed by atoms with Crippen LogP contribution in [0.15, 0.2) is 12.1 Å². The molecule has 1 aromatic rings. The summed E-state index contributed by atoms with van der Waals surface area (Å²) in [6.45, 7) is 9.93. The van der Waals surface area contributed by atoms with Crippen LogP contribution in [0, 0.1) is 5.41 Å². The highest BCUT2D eigenvalue weighted by atomic mass is 35.5. The summed E-state index contributed by atoms with van der Waals surface area (Å²) in [6, 6.07) is 3.62. The highest BCUT2D eigenvalue weighted by Gasteiger charge is 2.46. The molecule has 2 fully saturated rings. The van der Waals surface area contributed by atoms with Gasteiger partial charge in [-0.05, 0) is 51.2 Å². The summed E-state index contributed by atoms with van der Waals surface area (Å²) in [5, 5.41) is 1.12. The minimum atomic E-state index is -0.450. The van der Waals surface area contributed by atoms with E-state index in [1.807, 2.05) is 31.7 Å². The summed E-state index contributed by atoms with van der Waals surface area (Å²) in [4.78, 5) is 16.4. The van der Waals surface area contributed by atoms with Crippen molar-refractivity contribution in [2.45, 2.75) is 45.8 Å². The molecule has 2 aliphatic heterocycles. The fraction of sp³-hybridized carbons (Fsp3) is 0.650. The van der Waals surface area contributed by atoms with E-state index in [0.717, 1.165) is 56.9 Å². The molecule has 1 spiro atoms. The van der Waals surface area contributed by atoms with Crippen LogP contribution in [0.2, 0.25) is 10.0 Å². The largest absolute Gasteiger partial charge is 0.496 e. The lowest BCUT2D eigenvalue weighted by molar-refractivity contribution is -0.0552. The van der Waals surface area contributed by atoms with E-state index >= 15 is 0 Å². The van der Waals surface area contributed by atoms with Crippen LogP contribution < -0.4 is 4.74 Å². The molecular formula is C20H28Cl2N2O3. The van der Waals surface area contributed by atoms with Gasteiger partial charge >= 0.3 is 6.09 Å². The first-order valence-electron chi connectivity index (χ1n) is 9.34. The number of halogens is 2. The normalized spacial score (nSPS) is 19.7. The van der Waals surface area contributed by atoms with E-state index in [2.05, 4.69) is 4.90 Å².